The highest BCUT2D eigenvalue weighted by atomic mass is 32.1. The number of rotatable bonds is 4. The van der Waals surface area contributed by atoms with Crippen molar-refractivity contribution >= 4 is 17.3 Å². The zero-order chi connectivity index (χ0) is 10.4. The second kappa shape index (κ2) is 5.26. The molecule has 74 valence electrons. The van der Waals surface area contributed by atoms with Gasteiger partial charge in [-0.1, -0.05) is 5.11 Å². The molecule has 0 saturated heterocycles. The van der Waals surface area contributed by atoms with Crippen LogP contribution in [0.2, 0.25) is 0 Å². The molecule has 14 heavy (non-hydrogen) atoms. The summed E-state index contributed by atoms with van der Waals surface area (Å²) >= 11 is 1.36. The molecular formula is C8H9N3O2S. The molecule has 0 saturated carbocycles. The fraction of sp³-hybridized carbons (Fsp3) is 0.375. The van der Waals surface area contributed by atoms with Crippen LogP contribution in [-0.2, 0) is 11.2 Å². The standard InChI is InChI=1S/C8H9N3O2S/c1-13-8(12)7-3-2-6(14-7)4-5-10-11-9/h2-3H,4-5H2,1H3. The number of ether oxygens (including phenoxy) is 1. The fourth-order valence-electron chi connectivity index (χ4n) is 0.927. The minimum Gasteiger partial charge on any atom is -0.465 e. The molecule has 0 spiro atoms. The van der Waals surface area contributed by atoms with E-state index in [4.69, 9.17) is 5.53 Å². The molecule has 0 N–H and O–H groups in total. The Labute approximate surface area is 84.9 Å². The fourth-order valence-corrected chi connectivity index (χ4v) is 1.84. The van der Waals surface area contributed by atoms with Crippen LogP contribution in [0.3, 0.4) is 0 Å². The second-order valence-corrected chi connectivity index (χ2v) is 3.63. The highest BCUT2D eigenvalue weighted by Gasteiger charge is 2.07. The molecule has 1 rings (SSSR count). The van der Waals surface area contributed by atoms with Gasteiger partial charge in [0.05, 0.1) is 7.11 Å². The molecule has 0 fully saturated rings. The molecule has 0 aliphatic carbocycles. The first-order chi connectivity index (χ1) is 6.77. The highest BCUT2D eigenvalue weighted by Crippen LogP contribution is 2.17. The number of hydrogen-bond donors (Lipinski definition) is 0. The van der Waals surface area contributed by atoms with Crippen molar-refractivity contribution in [2.24, 2.45) is 5.11 Å². The Morgan fingerprint density at radius 2 is 2.50 bits per heavy atom. The average molecular weight is 211 g/mol. The number of azide groups is 1. The van der Waals surface area contributed by atoms with Crippen LogP contribution in [0.1, 0.15) is 14.5 Å². The lowest BCUT2D eigenvalue weighted by Gasteiger charge is -1.92. The van der Waals surface area contributed by atoms with Gasteiger partial charge in [0.1, 0.15) is 4.88 Å². The second-order valence-electron chi connectivity index (χ2n) is 2.46. The molecule has 1 aromatic heterocycles. The molecule has 0 atom stereocenters. The van der Waals surface area contributed by atoms with Gasteiger partial charge in [0, 0.05) is 16.3 Å². The largest absolute Gasteiger partial charge is 0.465 e. The number of thiophene rings is 1. The van der Waals surface area contributed by atoms with E-state index in [9.17, 15) is 4.79 Å². The third-order valence-electron chi connectivity index (χ3n) is 1.57. The van der Waals surface area contributed by atoms with E-state index in [2.05, 4.69) is 14.8 Å². The predicted octanol–water partition coefficient (Wildman–Crippen LogP) is 2.39. The van der Waals surface area contributed by atoms with Gasteiger partial charge in [-0.3, -0.25) is 0 Å². The lowest BCUT2D eigenvalue weighted by atomic mass is 10.3. The highest BCUT2D eigenvalue weighted by molar-refractivity contribution is 7.13. The molecule has 6 heteroatoms. The summed E-state index contributed by atoms with van der Waals surface area (Å²) in [5.41, 5.74) is 8.06. The minimum absolute atomic E-state index is 0.329. The summed E-state index contributed by atoms with van der Waals surface area (Å²) in [5, 5.41) is 3.41. The maximum Gasteiger partial charge on any atom is 0.348 e. The van der Waals surface area contributed by atoms with Crippen molar-refractivity contribution < 1.29 is 9.53 Å². The van der Waals surface area contributed by atoms with Crippen molar-refractivity contribution in [1.29, 1.82) is 0 Å². The molecule has 1 heterocycles. The summed E-state index contributed by atoms with van der Waals surface area (Å²) in [6, 6.07) is 3.55. The summed E-state index contributed by atoms with van der Waals surface area (Å²) < 4.78 is 4.56. The summed E-state index contributed by atoms with van der Waals surface area (Å²) in [6.07, 6.45) is 0.658. The molecule has 0 amide bonds. The van der Waals surface area contributed by atoms with Gasteiger partial charge < -0.3 is 4.74 Å². The van der Waals surface area contributed by atoms with Crippen molar-refractivity contribution in [3.05, 3.63) is 32.3 Å². The van der Waals surface area contributed by atoms with E-state index in [0.29, 0.717) is 17.8 Å². The van der Waals surface area contributed by atoms with Crippen LogP contribution in [0.4, 0.5) is 0 Å². The summed E-state index contributed by atoms with van der Waals surface area (Å²) in [5.74, 6) is -0.329. The third-order valence-corrected chi connectivity index (χ3v) is 2.69. The lowest BCUT2D eigenvalue weighted by molar-refractivity contribution is 0.0606. The quantitative estimate of drug-likeness (QED) is 0.332. The molecule has 0 aromatic carbocycles. The number of carbonyl (C=O) groups is 1. The molecule has 0 aliphatic heterocycles. The summed E-state index contributed by atoms with van der Waals surface area (Å²) in [4.78, 5) is 15.3. The predicted molar refractivity (Wildman–Crippen MR) is 53.4 cm³/mol. The van der Waals surface area contributed by atoms with Crippen molar-refractivity contribution in [2.45, 2.75) is 6.42 Å². The van der Waals surface area contributed by atoms with Gasteiger partial charge in [0.15, 0.2) is 0 Å². The Kier molecular flexibility index (Phi) is 3.97. The van der Waals surface area contributed by atoms with E-state index in [0.717, 1.165) is 4.88 Å². The molecule has 0 aliphatic rings. The van der Waals surface area contributed by atoms with E-state index in [1.54, 1.807) is 6.07 Å². The van der Waals surface area contributed by atoms with Gasteiger partial charge in [-0.15, -0.1) is 11.3 Å². The number of hydrogen-bond acceptors (Lipinski definition) is 4. The zero-order valence-electron chi connectivity index (χ0n) is 7.64. The smallest absolute Gasteiger partial charge is 0.348 e. The maximum absolute atomic E-state index is 11.1. The monoisotopic (exact) mass is 211 g/mol. The van der Waals surface area contributed by atoms with Crippen LogP contribution >= 0.6 is 11.3 Å². The van der Waals surface area contributed by atoms with E-state index in [1.807, 2.05) is 6.07 Å². The Morgan fingerprint density at radius 1 is 1.71 bits per heavy atom. The first-order valence-electron chi connectivity index (χ1n) is 3.96. The van der Waals surface area contributed by atoms with Gasteiger partial charge in [-0.05, 0) is 24.1 Å². The zero-order valence-corrected chi connectivity index (χ0v) is 8.45. The van der Waals surface area contributed by atoms with Gasteiger partial charge in [-0.25, -0.2) is 4.79 Å². The first-order valence-corrected chi connectivity index (χ1v) is 4.77. The molecule has 0 radical (unpaired) electrons. The van der Waals surface area contributed by atoms with Crippen molar-refractivity contribution in [1.82, 2.24) is 0 Å². The molecule has 1 aromatic rings. The Balaban J connectivity index is 2.59. The van der Waals surface area contributed by atoms with Gasteiger partial charge in [0.25, 0.3) is 0 Å². The van der Waals surface area contributed by atoms with E-state index >= 15 is 0 Å². The van der Waals surface area contributed by atoms with E-state index in [-0.39, 0.29) is 5.97 Å². The van der Waals surface area contributed by atoms with Crippen molar-refractivity contribution in [2.75, 3.05) is 13.7 Å². The van der Waals surface area contributed by atoms with Crippen molar-refractivity contribution in [3.8, 4) is 0 Å². The summed E-state index contributed by atoms with van der Waals surface area (Å²) in [7, 11) is 1.35. The van der Waals surface area contributed by atoms with Crippen LogP contribution in [0.5, 0.6) is 0 Å². The molecule has 0 bridgehead atoms. The summed E-state index contributed by atoms with van der Waals surface area (Å²) in [6.45, 7) is 0.414. The van der Waals surface area contributed by atoms with Gasteiger partial charge in [0.2, 0.25) is 0 Å². The number of carbonyl (C=O) groups excluding carboxylic acids is 1. The SMILES string of the molecule is COC(=O)c1ccc(CCN=[N+]=[N-])s1. The maximum atomic E-state index is 11.1. The molecule has 5 nitrogen and oxygen atoms in total. The van der Waals surface area contributed by atoms with Crippen LogP contribution in [0.15, 0.2) is 17.2 Å². The Morgan fingerprint density at radius 3 is 3.14 bits per heavy atom. The van der Waals surface area contributed by atoms with E-state index in [1.165, 1.54) is 18.4 Å². The van der Waals surface area contributed by atoms with Crippen LogP contribution in [0.25, 0.3) is 10.4 Å². The van der Waals surface area contributed by atoms with E-state index < -0.39 is 0 Å². The van der Waals surface area contributed by atoms with Crippen LogP contribution < -0.4 is 0 Å². The van der Waals surface area contributed by atoms with Gasteiger partial charge >= 0.3 is 5.97 Å². The number of esters is 1. The third kappa shape index (κ3) is 2.76. The van der Waals surface area contributed by atoms with Crippen LogP contribution in [0, 0.1) is 0 Å². The molecule has 0 unspecified atom stereocenters. The number of nitrogens with zero attached hydrogens (tertiary/aromatic N) is 3. The Bertz CT molecular complexity index is 368. The van der Waals surface area contributed by atoms with Crippen molar-refractivity contribution in [3.63, 3.8) is 0 Å². The Hall–Kier alpha value is -1.52. The minimum atomic E-state index is -0.329. The number of methoxy groups -OCH3 is 1. The first kappa shape index (κ1) is 10.6. The molecular weight excluding hydrogens is 202 g/mol. The average Bonchev–Trinajstić information content (AvgIpc) is 2.66. The van der Waals surface area contributed by atoms with Crippen LogP contribution in [-0.4, -0.2) is 19.6 Å². The lowest BCUT2D eigenvalue weighted by Crippen LogP contribution is -1.96. The van der Waals surface area contributed by atoms with Gasteiger partial charge in [-0.2, -0.15) is 0 Å². The topological polar surface area (TPSA) is 75.1 Å². The normalized spacial score (nSPS) is 9.21.